The fourth-order valence-electron chi connectivity index (χ4n) is 0.454. The molecule has 7 heteroatoms. The monoisotopic (exact) mass is 348 g/mol. The van der Waals surface area contributed by atoms with Crippen molar-refractivity contribution in [3.05, 3.63) is 0 Å². The number of nitrogens with one attached hydrogen (secondary N) is 2. The molecule has 15 heavy (non-hydrogen) atoms. The van der Waals surface area contributed by atoms with Crippen LogP contribution in [-0.4, -0.2) is 38.8 Å². The third-order valence-electron chi connectivity index (χ3n) is 1.04. The molecule has 0 bridgehead atoms. The number of rotatable bonds is 4. The van der Waals surface area contributed by atoms with Crippen molar-refractivity contribution < 1.29 is 0 Å². The summed E-state index contributed by atoms with van der Waals surface area (Å²) in [6.07, 6.45) is 2.16. The van der Waals surface area contributed by atoms with Gasteiger partial charge in [0.15, 0.2) is 0 Å². The smallest absolute Gasteiger partial charge is 0.412 e. The summed E-state index contributed by atoms with van der Waals surface area (Å²) >= 11 is 18.3. The molecule has 2 nitrogen and oxygen atoms in total. The Hall–Kier alpha value is 0.739. The van der Waals surface area contributed by atoms with Gasteiger partial charge in [0.25, 0.3) is 0 Å². The minimum atomic E-state index is 0. The molecule has 0 heterocycles. The first-order chi connectivity index (χ1) is 6.54. The third-order valence-corrected chi connectivity index (χ3v) is 1.62. The van der Waals surface area contributed by atoms with Gasteiger partial charge < -0.3 is 60.3 Å². The molecule has 0 aliphatic carbocycles. The summed E-state index contributed by atoms with van der Waals surface area (Å²) in [6.45, 7) is 5.95. The summed E-state index contributed by atoms with van der Waals surface area (Å²) in [5, 5.41) is 5.68. The van der Waals surface area contributed by atoms with Crippen LogP contribution in [0, 0.1) is 0 Å². The molecule has 2 N–H and O–H groups in total. The SMILES string of the molecule is CCCNC(=S)[S-].CCCNC(=S)[S-].[Se+2]. The maximum atomic E-state index is 4.56. The van der Waals surface area contributed by atoms with E-state index in [1.54, 1.807) is 0 Å². The summed E-state index contributed by atoms with van der Waals surface area (Å²) in [6, 6.07) is 0. The van der Waals surface area contributed by atoms with E-state index in [1.165, 1.54) is 0 Å². The molecule has 0 aromatic carbocycles. The van der Waals surface area contributed by atoms with Gasteiger partial charge in [-0.25, -0.2) is 0 Å². The maximum absolute atomic E-state index is 4.56. The Balaban J connectivity index is -0.000000180. The van der Waals surface area contributed by atoms with E-state index in [1.807, 2.05) is 0 Å². The van der Waals surface area contributed by atoms with E-state index < -0.39 is 0 Å². The second-order valence-electron chi connectivity index (χ2n) is 2.43. The van der Waals surface area contributed by atoms with Gasteiger partial charge >= 0.3 is 17.1 Å². The Morgan fingerprint density at radius 3 is 1.27 bits per heavy atom. The van der Waals surface area contributed by atoms with Crippen molar-refractivity contribution >= 4 is 75.4 Å². The number of thiocarbonyl (C=S) groups is 2. The van der Waals surface area contributed by atoms with Crippen LogP contribution in [0.4, 0.5) is 0 Å². The average Bonchev–Trinajstić information content (AvgIpc) is 2.12. The average molecular weight is 347 g/mol. The normalized spacial score (nSPS) is 7.60. The third kappa shape index (κ3) is 31.3. The predicted octanol–water partition coefficient (Wildman–Crippen LogP) is 1.25. The molecule has 0 aromatic heterocycles. The van der Waals surface area contributed by atoms with Crippen LogP contribution in [0.15, 0.2) is 0 Å². The van der Waals surface area contributed by atoms with E-state index in [0.717, 1.165) is 25.9 Å². The fraction of sp³-hybridized carbons (Fsp3) is 0.750. The zero-order chi connectivity index (χ0) is 11.4. The standard InChI is InChI=1S/2C4H9NS2.Se/c2*1-2-3-5-4(6)7;/h2*2-3H2,1H3,(H2,5,6,7);/q;;+2/p-2. The Kier molecular flexibility index (Phi) is 24.1. The van der Waals surface area contributed by atoms with Crippen molar-refractivity contribution in [2.45, 2.75) is 26.7 Å². The summed E-state index contributed by atoms with van der Waals surface area (Å²) in [5.41, 5.74) is 0. The minimum Gasteiger partial charge on any atom is -0.412 e. The van der Waals surface area contributed by atoms with Crippen LogP contribution in [0.25, 0.3) is 0 Å². The minimum absolute atomic E-state index is 0. The van der Waals surface area contributed by atoms with E-state index >= 15 is 0 Å². The van der Waals surface area contributed by atoms with E-state index in [-0.39, 0.29) is 17.1 Å². The topological polar surface area (TPSA) is 24.1 Å². The first kappa shape index (κ1) is 21.1. The molecular formula is C8H16N2S4Se. The molecule has 0 aliphatic rings. The Labute approximate surface area is 125 Å². The second kappa shape index (κ2) is 17.1. The Bertz CT molecular complexity index is 149. The molecule has 4 radical (unpaired) electrons. The van der Waals surface area contributed by atoms with Gasteiger partial charge in [0, 0.05) is 13.1 Å². The Morgan fingerprint density at radius 1 is 0.933 bits per heavy atom. The van der Waals surface area contributed by atoms with Crippen LogP contribution in [0.2, 0.25) is 0 Å². The van der Waals surface area contributed by atoms with Crippen LogP contribution >= 0.6 is 24.4 Å². The van der Waals surface area contributed by atoms with E-state index in [2.05, 4.69) is 74.2 Å². The zero-order valence-electron chi connectivity index (χ0n) is 8.87. The molecule has 0 aromatic rings. The predicted molar refractivity (Wildman–Crippen MR) is 82.3 cm³/mol. The van der Waals surface area contributed by atoms with Crippen molar-refractivity contribution in [3.8, 4) is 0 Å². The van der Waals surface area contributed by atoms with Crippen LogP contribution in [0.1, 0.15) is 26.7 Å². The van der Waals surface area contributed by atoms with Crippen LogP contribution < -0.4 is 10.6 Å². The van der Waals surface area contributed by atoms with Crippen LogP contribution in [0.5, 0.6) is 0 Å². The summed E-state index contributed by atoms with van der Waals surface area (Å²) in [4.78, 5) is 0. The molecule has 0 aliphatic heterocycles. The molecule has 0 fully saturated rings. The summed E-state index contributed by atoms with van der Waals surface area (Å²) < 4.78 is 0.948. The van der Waals surface area contributed by atoms with Crippen molar-refractivity contribution in [2.75, 3.05) is 13.1 Å². The van der Waals surface area contributed by atoms with E-state index in [9.17, 15) is 0 Å². The zero-order valence-corrected chi connectivity index (χ0v) is 13.8. The van der Waals surface area contributed by atoms with Gasteiger partial charge in [-0.15, -0.1) is 0 Å². The van der Waals surface area contributed by atoms with Crippen molar-refractivity contribution in [3.63, 3.8) is 0 Å². The van der Waals surface area contributed by atoms with Crippen molar-refractivity contribution in [2.24, 2.45) is 0 Å². The molecule has 0 unspecified atom stereocenters. The molecule has 0 amide bonds. The van der Waals surface area contributed by atoms with Crippen LogP contribution in [0.3, 0.4) is 0 Å². The quantitative estimate of drug-likeness (QED) is 0.451. The number of hydrogen-bond acceptors (Lipinski definition) is 4. The second-order valence-corrected chi connectivity index (χ2v) is 4.58. The number of hydrogen-bond donors (Lipinski definition) is 2. The fourth-order valence-corrected chi connectivity index (χ4v) is 0.862. The van der Waals surface area contributed by atoms with E-state index in [0.29, 0.717) is 8.64 Å². The van der Waals surface area contributed by atoms with Crippen molar-refractivity contribution in [1.29, 1.82) is 0 Å². The largest absolute Gasteiger partial charge is 2.00 e. The van der Waals surface area contributed by atoms with Gasteiger partial charge in [0.05, 0.1) is 0 Å². The van der Waals surface area contributed by atoms with Gasteiger partial charge in [0.1, 0.15) is 0 Å². The molecule has 0 spiro atoms. The van der Waals surface area contributed by atoms with Crippen molar-refractivity contribution in [1.82, 2.24) is 10.6 Å². The molecule has 0 saturated carbocycles. The molecule has 0 atom stereocenters. The summed E-state index contributed by atoms with van der Waals surface area (Å²) in [7, 11) is 0. The van der Waals surface area contributed by atoms with Gasteiger partial charge in [0.2, 0.25) is 0 Å². The first-order valence-electron chi connectivity index (χ1n) is 4.44. The van der Waals surface area contributed by atoms with E-state index in [4.69, 9.17) is 0 Å². The first-order valence-corrected chi connectivity index (χ1v) is 6.07. The Morgan fingerprint density at radius 2 is 1.20 bits per heavy atom. The molecule has 0 rings (SSSR count). The van der Waals surface area contributed by atoms with Gasteiger partial charge in [-0.3, -0.25) is 0 Å². The van der Waals surface area contributed by atoms with Crippen LogP contribution in [-0.2, 0) is 25.3 Å². The van der Waals surface area contributed by atoms with Gasteiger partial charge in [-0.05, 0) is 12.8 Å². The maximum Gasteiger partial charge on any atom is 2.00 e. The van der Waals surface area contributed by atoms with Gasteiger partial charge in [-0.1, -0.05) is 22.5 Å². The van der Waals surface area contributed by atoms with Gasteiger partial charge in [-0.2, -0.15) is 0 Å². The molecule has 0 saturated heterocycles. The molecule has 88 valence electrons. The molecular weight excluding hydrogens is 331 g/mol. The summed E-state index contributed by atoms with van der Waals surface area (Å²) in [5.74, 6) is 0.